The number of hydrogen-bond donors (Lipinski definition) is 2. The summed E-state index contributed by atoms with van der Waals surface area (Å²) in [6.07, 6.45) is 2.08. The highest BCUT2D eigenvalue weighted by Crippen LogP contribution is 2.34. The van der Waals surface area contributed by atoms with Gasteiger partial charge in [-0.2, -0.15) is 4.37 Å². The summed E-state index contributed by atoms with van der Waals surface area (Å²) in [5.41, 5.74) is 5.70. The summed E-state index contributed by atoms with van der Waals surface area (Å²) < 4.78 is 27.7. The molecule has 1 aliphatic heterocycles. The quantitative estimate of drug-likeness (QED) is 0.781. The second-order valence-electron chi connectivity index (χ2n) is 4.88. The first-order chi connectivity index (χ1) is 9.43. The van der Waals surface area contributed by atoms with Crippen LogP contribution in [0.15, 0.2) is 4.90 Å². The highest BCUT2D eigenvalue weighted by Gasteiger charge is 2.26. The van der Waals surface area contributed by atoms with Gasteiger partial charge in [-0.3, -0.25) is 4.90 Å². The lowest BCUT2D eigenvalue weighted by Gasteiger charge is -2.22. The van der Waals surface area contributed by atoms with E-state index in [9.17, 15) is 8.42 Å². The topological polar surface area (TPSA) is 99.8 Å². The molecule has 1 saturated heterocycles. The van der Waals surface area contributed by atoms with Gasteiger partial charge in [0.15, 0.2) is 15.7 Å². The van der Waals surface area contributed by atoms with Gasteiger partial charge in [-0.05, 0) is 24.5 Å². The Labute approximate surface area is 123 Å². The number of rotatable bonds is 4. The summed E-state index contributed by atoms with van der Waals surface area (Å²) in [5.74, 6) is 0.0870. The average molecular weight is 320 g/mol. The molecule has 7 nitrogen and oxygen atoms in total. The van der Waals surface area contributed by atoms with Crippen LogP contribution in [0.1, 0.15) is 6.42 Å². The van der Waals surface area contributed by atoms with Gasteiger partial charge in [-0.25, -0.2) is 8.42 Å². The van der Waals surface area contributed by atoms with Crippen LogP contribution in [0.2, 0.25) is 0 Å². The standard InChI is InChI=1S/C11H20N4O3S2/c1-20(17,18)9-10(12)13-19-11(9)15-4-2-3-14(5-6-15)7-8-16/h16H,2-8H2,1H3,(H2,12,13). The van der Waals surface area contributed by atoms with Crippen molar-refractivity contribution in [2.45, 2.75) is 11.3 Å². The zero-order chi connectivity index (χ0) is 14.8. The summed E-state index contributed by atoms with van der Waals surface area (Å²) in [7, 11) is -3.38. The van der Waals surface area contributed by atoms with E-state index in [0.29, 0.717) is 18.1 Å². The summed E-state index contributed by atoms with van der Waals surface area (Å²) >= 11 is 1.14. The van der Waals surface area contributed by atoms with Crippen LogP contribution < -0.4 is 10.6 Å². The first-order valence-corrected chi connectivity index (χ1v) is 9.13. The molecule has 2 heterocycles. The fraction of sp³-hybridized carbons (Fsp3) is 0.727. The first-order valence-electron chi connectivity index (χ1n) is 6.47. The van der Waals surface area contributed by atoms with E-state index >= 15 is 0 Å². The number of anilines is 2. The molecule has 1 aromatic heterocycles. The summed E-state index contributed by atoms with van der Waals surface area (Å²) in [6.45, 7) is 3.97. The van der Waals surface area contributed by atoms with Crippen molar-refractivity contribution in [3.8, 4) is 0 Å². The maximum absolute atomic E-state index is 11.8. The number of aliphatic hydroxyl groups excluding tert-OH is 1. The van der Waals surface area contributed by atoms with Gasteiger partial charge in [0.25, 0.3) is 0 Å². The van der Waals surface area contributed by atoms with Crippen LogP contribution in [0.3, 0.4) is 0 Å². The predicted molar refractivity (Wildman–Crippen MR) is 80.0 cm³/mol. The number of nitrogen functional groups attached to an aromatic ring is 1. The van der Waals surface area contributed by atoms with Crippen LogP contribution in [-0.4, -0.2) is 68.4 Å². The molecule has 20 heavy (non-hydrogen) atoms. The van der Waals surface area contributed by atoms with Crippen LogP contribution in [0.4, 0.5) is 10.8 Å². The zero-order valence-electron chi connectivity index (χ0n) is 11.4. The van der Waals surface area contributed by atoms with Gasteiger partial charge >= 0.3 is 0 Å². The van der Waals surface area contributed by atoms with Crippen molar-refractivity contribution in [1.82, 2.24) is 9.27 Å². The lowest BCUT2D eigenvalue weighted by molar-refractivity contribution is 0.204. The largest absolute Gasteiger partial charge is 0.395 e. The minimum atomic E-state index is -3.38. The van der Waals surface area contributed by atoms with Crippen molar-refractivity contribution < 1.29 is 13.5 Å². The molecule has 1 aromatic rings. The summed E-state index contributed by atoms with van der Waals surface area (Å²) in [4.78, 5) is 4.35. The number of hydrogen-bond acceptors (Lipinski definition) is 8. The van der Waals surface area contributed by atoms with E-state index in [4.69, 9.17) is 10.8 Å². The molecular weight excluding hydrogens is 300 g/mol. The van der Waals surface area contributed by atoms with E-state index in [1.54, 1.807) is 0 Å². The Morgan fingerprint density at radius 1 is 1.35 bits per heavy atom. The third kappa shape index (κ3) is 3.40. The van der Waals surface area contributed by atoms with E-state index in [1.165, 1.54) is 0 Å². The molecule has 0 bridgehead atoms. The summed E-state index contributed by atoms with van der Waals surface area (Å²) in [6, 6.07) is 0. The molecular formula is C11H20N4O3S2. The number of β-amino-alcohol motifs (C(OH)–C–C–N with tert-alkyl or cyclic N) is 1. The van der Waals surface area contributed by atoms with Crippen LogP contribution in [0.25, 0.3) is 0 Å². The Kier molecular flexibility index (Phi) is 4.84. The lowest BCUT2D eigenvalue weighted by Crippen LogP contribution is -2.32. The summed E-state index contributed by atoms with van der Waals surface area (Å²) in [5, 5.41) is 9.62. The normalized spacial score (nSPS) is 18.2. The number of nitrogens with two attached hydrogens (primary N) is 1. The SMILES string of the molecule is CS(=O)(=O)c1c(N)nsc1N1CCCN(CCO)CC1. The Hall–Kier alpha value is -0.900. The molecule has 2 rings (SSSR count). The van der Waals surface area contributed by atoms with Crippen LogP contribution in [0, 0.1) is 0 Å². The highest BCUT2D eigenvalue weighted by molar-refractivity contribution is 7.91. The van der Waals surface area contributed by atoms with Crippen molar-refractivity contribution >= 4 is 32.2 Å². The maximum Gasteiger partial charge on any atom is 0.182 e. The van der Waals surface area contributed by atoms with Gasteiger partial charge in [0.05, 0.1) is 6.61 Å². The molecule has 0 amide bonds. The average Bonchev–Trinajstić information content (AvgIpc) is 2.60. The number of sulfone groups is 1. The van der Waals surface area contributed by atoms with Gasteiger partial charge in [-0.15, -0.1) is 0 Å². The Morgan fingerprint density at radius 3 is 2.75 bits per heavy atom. The third-order valence-electron chi connectivity index (χ3n) is 3.32. The molecule has 3 N–H and O–H groups in total. The molecule has 0 atom stereocenters. The lowest BCUT2D eigenvalue weighted by atomic mass is 10.4. The van der Waals surface area contributed by atoms with Gasteiger partial charge in [-0.1, -0.05) is 0 Å². The monoisotopic (exact) mass is 320 g/mol. The second kappa shape index (κ2) is 6.25. The molecule has 0 unspecified atom stereocenters. The molecule has 0 aromatic carbocycles. The van der Waals surface area contributed by atoms with Crippen molar-refractivity contribution in [1.29, 1.82) is 0 Å². The highest BCUT2D eigenvalue weighted by atomic mass is 32.2. The predicted octanol–water partition coefficient (Wildman–Crippen LogP) is -0.367. The van der Waals surface area contributed by atoms with Crippen LogP contribution in [0.5, 0.6) is 0 Å². The van der Waals surface area contributed by atoms with E-state index < -0.39 is 9.84 Å². The Bertz CT molecular complexity index is 558. The van der Waals surface area contributed by atoms with Crippen molar-refractivity contribution in [3.05, 3.63) is 0 Å². The zero-order valence-corrected chi connectivity index (χ0v) is 13.1. The van der Waals surface area contributed by atoms with E-state index in [0.717, 1.165) is 43.8 Å². The fourth-order valence-corrected chi connectivity index (χ4v) is 4.63. The van der Waals surface area contributed by atoms with Gasteiger partial charge in [0.2, 0.25) is 0 Å². The minimum Gasteiger partial charge on any atom is -0.395 e. The molecule has 1 aliphatic rings. The molecule has 9 heteroatoms. The van der Waals surface area contributed by atoms with Crippen molar-refractivity contribution in [3.63, 3.8) is 0 Å². The van der Waals surface area contributed by atoms with Gasteiger partial charge in [0, 0.05) is 32.4 Å². The molecule has 0 spiro atoms. The van der Waals surface area contributed by atoms with E-state index in [-0.39, 0.29) is 17.3 Å². The number of nitrogens with zero attached hydrogens (tertiary/aromatic N) is 3. The Morgan fingerprint density at radius 2 is 2.10 bits per heavy atom. The van der Waals surface area contributed by atoms with Crippen molar-refractivity contribution in [2.75, 3.05) is 56.2 Å². The first kappa shape index (κ1) is 15.5. The molecule has 0 aliphatic carbocycles. The maximum atomic E-state index is 11.8. The van der Waals surface area contributed by atoms with Crippen LogP contribution >= 0.6 is 11.5 Å². The van der Waals surface area contributed by atoms with Gasteiger partial charge < -0.3 is 15.7 Å². The van der Waals surface area contributed by atoms with Crippen LogP contribution in [-0.2, 0) is 9.84 Å². The van der Waals surface area contributed by atoms with Gasteiger partial charge in [0.1, 0.15) is 9.90 Å². The smallest absolute Gasteiger partial charge is 0.182 e. The third-order valence-corrected chi connectivity index (χ3v) is 5.52. The second-order valence-corrected chi connectivity index (χ2v) is 7.58. The molecule has 114 valence electrons. The molecule has 1 fully saturated rings. The van der Waals surface area contributed by atoms with E-state index in [1.807, 2.05) is 4.90 Å². The molecule has 0 saturated carbocycles. The Balaban J connectivity index is 2.21. The van der Waals surface area contributed by atoms with E-state index in [2.05, 4.69) is 9.27 Å². The fourth-order valence-electron chi connectivity index (χ4n) is 2.37. The molecule has 0 radical (unpaired) electrons. The van der Waals surface area contributed by atoms with Crippen molar-refractivity contribution in [2.24, 2.45) is 0 Å². The number of aromatic nitrogens is 1. The minimum absolute atomic E-state index is 0.0870. The number of aliphatic hydroxyl groups is 1.